The predicted molar refractivity (Wildman–Crippen MR) is 96.1 cm³/mol. The average molecular weight is 414 g/mol. The van der Waals surface area contributed by atoms with E-state index in [0.29, 0.717) is 18.7 Å². The molecule has 9 heteroatoms. The van der Waals surface area contributed by atoms with E-state index < -0.39 is 21.7 Å². The first kappa shape index (κ1) is 20.4. The van der Waals surface area contributed by atoms with Gasteiger partial charge in [-0.15, -0.1) is 0 Å². The summed E-state index contributed by atoms with van der Waals surface area (Å²) < 4.78 is 22.6. The Kier molecular flexibility index (Phi) is 6.65. The quantitative estimate of drug-likeness (QED) is 0.760. The number of nitrogens with one attached hydrogen (secondary N) is 1. The van der Waals surface area contributed by atoms with Crippen molar-refractivity contribution in [3.8, 4) is 5.75 Å². The largest absolute Gasteiger partial charge is 0.494 e. The first-order valence-corrected chi connectivity index (χ1v) is 8.86. The molecule has 0 spiro atoms. The number of ether oxygens (including phenoxy) is 2. The van der Waals surface area contributed by atoms with Crippen LogP contribution in [0.1, 0.15) is 25.5 Å². The lowest BCUT2D eigenvalue weighted by molar-refractivity contribution is -0.0547. The van der Waals surface area contributed by atoms with Gasteiger partial charge in [-0.25, -0.2) is 9.18 Å². The first-order chi connectivity index (χ1) is 11.6. The zero-order valence-electron chi connectivity index (χ0n) is 14.1. The summed E-state index contributed by atoms with van der Waals surface area (Å²) in [5.74, 6) is -0.545. The smallest absolute Gasteiger partial charge is 0.318 e. The highest BCUT2D eigenvalue weighted by Gasteiger charge is 2.37. The second kappa shape index (κ2) is 8.16. The molecule has 0 aromatic heterocycles. The Labute approximate surface area is 161 Å². The molecule has 0 saturated carbocycles. The van der Waals surface area contributed by atoms with E-state index in [4.69, 9.17) is 44.3 Å². The Balaban J connectivity index is 2.21. The number of methoxy groups -OCH3 is 1. The summed E-state index contributed by atoms with van der Waals surface area (Å²) in [5.41, 5.74) is 0.320. The Morgan fingerprint density at radius 2 is 1.96 bits per heavy atom. The number of hydrogen-bond acceptors (Lipinski definition) is 3. The second-order valence-electron chi connectivity index (χ2n) is 5.98. The topological polar surface area (TPSA) is 50.8 Å². The molecule has 1 saturated heterocycles. The van der Waals surface area contributed by atoms with E-state index in [9.17, 15) is 9.18 Å². The summed E-state index contributed by atoms with van der Waals surface area (Å²) in [6.07, 6.45) is -0.196. The van der Waals surface area contributed by atoms with E-state index in [1.54, 1.807) is 11.0 Å². The Hall–Kier alpha value is -0.950. The van der Waals surface area contributed by atoms with Crippen LogP contribution in [0.4, 0.5) is 9.18 Å². The van der Waals surface area contributed by atoms with Gasteiger partial charge in [-0.2, -0.15) is 0 Å². The fourth-order valence-electron chi connectivity index (χ4n) is 2.77. The van der Waals surface area contributed by atoms with Crippen molar-refractivity contribution in [3.63, 3.8) is 0 Å². The van der Waals surface area contributed by atoms with Crippen molar-refractivity contribution < 1.29 is 18.7 Å². The van der Waals surface area contributed by atoms with Crippen LogP contribution in [-0.2, 0) is 4.74 Å². The van der Waals surface area contributed by atoms with Crippen LogP contribution in [0.25, 0.3) is 0 Å². The van der Waals surface area contributed by atoms with Crippen molar-refractivity contribution in [2.24, 2.45) is 0 Å². The van der Waals surface area contributed by atoms with Crippen molar-refractivity contribution in [3.05, 3.63) is 29.6 Å². The number of carbonyl (C=O) groups is 1. The molecule has 1 aromatic rings. The number of halogens is 4. The number of nitrogens with zero attached hydrogens (tertiary/aromatic N) is 1. The third-order valence-corrected chi connectivity index (χ3v) is 4.47. The molecule has 1 aliphatic heterocycles. The normalized spacial score (nSPS) is 22.4. The highest BCUT2D eigenvalue weighted by Crippen LogP contribution is 2.40. The van der Waals surface area contributed by atoms with Gasteiger partial charge in [0.2, 0.25) is 3.79 Å². The molecule has 25 heavy (non-hydrogen) atoms. The van der Waals surface area contributed by atoms with E-state index >= 15 is 0 Å². The van der Waals surface area contributed by atoms with Gasteiger partial charge in [0.15, 0.2) is 11.6 Å². The number of rotatable bonds is 3. The molecule has 1 N–H and O–H groups in total. The maximum atomic E-state index is 14.0. The molecule has 1 aliphatic rings. The molecule has 2 rings (SSSR count). The van der Waals surface area contributed by atoms with Crippen LogP contribution >= 0.6 is 34.8 Å². The van der Waals surface area contributed by atoms with Gasteiger partial charge >= 0.3 is 6.03 Å². The Morgan fingerprint density at radius 3 is 2.44 bits per heavy atom. The standard InChI is InChI=1S/C16H20Cl3FN2O3/c1-9-7-22(8-10(2)25-9)15(23)21-14(16(17,18)19)11-4-5-13(24-3)12(20)6-11/h4-6,9-10,14H,7-8H2,1-3H3,(H,21,23)/t9-,10-,14+/m1/s1. The van der Waals surface area contributed by atoms with Crippen molar-refractivity contribution >= 4 is 40.8 Å². The van der Waals surface area contributed by atoms with Gasteiger partial charge in [-0.1, -0.05) is 40.9 Å². The van der Waals surface area contributed by atoms with E-state index in [1.165, 1.54) is 19.2 Å². The van der Waals surface area contributed by atoms with Gasteiger partial charge in [-0.05, 0) is 31.5 Å². The Bertz CT molecular complexity index is 617. The SMILES string of the molecule is COc1ccc([C@H](NC(=O)N2C[C@@H](C)O[C@H](C)C2)C(Cl)(Cl)Cl)cc1F. The number of alkyl halides is 3. The summed E-state index contributed by atoms with van der Waals surface area (Å²) in [4.78, 5) is 14.2. The third kappa shape index (κ3) is 5.26. The number of hydrogen-bond donors (Lipinski definition) is 1. The summed E-state index contributed by atoms with van der Waals surface area (Å²) in [6.45, 7) is 4.59. The minimum atomic E-state index is -1.86. The lowest BCUT2D eigenvalue weighted by atomic mass is 10.1. The van der Waals surface area contributed by atoms with E-state index in [0.717, 1.165) is 0 Å². The van der Waals surface area contributed by atoms with Gasteiger partial charge in [0.25, 0.3) is 0 Å². The van der Waals surface area contributed by atoms with Crippen LogP contribution in [0.5, 0.6) is 5.75 Å². The number of urea groups is 1. The average Bonchev–Trinajstić information content (AvgIpc) is 2.50. The zero-order valence-corrected chi connectivity index (χ0v) is 16.3. The van der Waals surface area contributed by atoms with E-state index in [-0.39, 0.29) is 18.0 Å². The second-order valence-corrected chi connectivity index (χ2v) is 8.35. The van der Waals surface area contributed by atoms with E-state index in [1.807, 2.05) is 13.8 Å². The highest BCUT2D eigenvalue weighted by atomic mass is 35.6. The van der Waals surface area contributed by atoms with Crippen LogP contribution < -0.4 is 10.1 Å². The van der Waals surface area contributed by atoms with Gasteiger partial charge in [0.1, 0.15) is 6.04 Å². The fraction of sp³-hybridized carbons (Fsp3) is 0.562. The zero-order chi connectivity index (χ0) is 18.8. The van der Waals surface area contributed by atoms with Crippen LogP contribution in [0, 0.1) is 5.82 Å². The van der Waals surface area contributed by atoms with Crippen molar-refractivity contribution in [1.29, 1.82) is 0 Å². The summed E-state index contributed by atoms with van der Waals surface area (Å²) >= 11 is 18.1. The van der Waals surface area contributed by atoms with Crippen molar-refractivity contribution in [1.82, 2.24) is 10.2 Å². The summed E-state index contributed by atoms with van der Waals surface area (Å²) in [7, 11) is 1.35. The molecule has 0 radical (unpaired) electrons. The monoisotopic (exact) mass is 412 g/mol. The van der Waals surface area contributed by atoms with Gasteiger partial charge in [0, 0.05) is 13.1 Å². The van der Waals surface area contributed by atoms with Gasteiger partial charge in [-0.3, -0.25) is 0 Å². The van der Waals surface area contributed by atoms with Crippen LogP contribution in [-0.4, -0.2) is 47.1 Å². The van der Waals surface area contributed by atoms with Crippen LogP contribution in [0.3, 0.4) is 0 Å². The molecule has 2 amide bonds. The molecule has 1 fully saturated rings. The number of morpholine rings is 1. The minimum Gasteiger partial charge on any atom is -0.494 e. The molecule has 3 atom stereocenters. The molecule has 0 aliphatic carbocycles. The molecule has 1 aromatic carbocycles. The number of amides is 2. The summed E-state index contributed by atoms with van der Waals surface area (Å²) in [5, 5.41) is 2.68. The van der Waals surface area contributed by atoms with Gasteiger partial charge < -0.3 is 19.7 Å². The van der Waals surface area contributed by atoms with E-state index in [2.05, 4.69) is 5.32 Å². The molecule has 140 valence electrons. The summed E-state index contributed by atoms with van der Waals surface area (Å²) in [6, 6.07) is 2.70. The molecule has 0 unspecified atom stereocenters. The van der Waals surface area contributed by atoms with Crippen molar-refractivity contribution in [2.75, 3.05) is 20.2 Å². The third-order valence-electron chi connectivity index (χ3n) is 3.81. The maximum Gasteiger partial charge on any atom is 0.318 e. The first-order valence-electron chi connectivity index (χ1n) is 7.73. The highest BCUT2D eigenvalue weighted by molar-refractivity contribution is 6.68. The van der Waals surface area contributed by atoms with Gasteiger partial charge in [0.05, 0.1) is 19.3 Å². The fourth-order valence-corrected chi connectivity index (χ4v) is 3.32. The minimum absolute atomic E-state index is 0.0639. The lowest BCUT2D eigenvalue weighted by Crippen LogP contribution is -2.53. The van der Waals surface area contributed by atoms with Crippen molar-refractivity contribution in [2.45, 2.75) is 35.9 Å². The Morgan fingerprint density at radius 1 is 1.36 bits per heavy atom. The molecule has 0 bridgehead atoms. The molecular formula is C16H20Cl3FN2O3. The lowest BCUT2D eigenvalue weighted by Gasteiger charge is -2.37. The number of carbonyl (C=O) groups excluding carboxylic acids is 1. The van der Waals surface area contributed by atoms with Crippen LogP contribution in [0.15, 0.2) is 18.2 Å². The molecule has 1 heterocycles. The predicted octanol–water partition coefficient (Wildman–Crippen LogP) is 4.06. The maximum absolute atomic E-state index is 14.0. The van der Waals surface area contributed by atoms with Crippen LogP contribution in [0.2, 0.25) is 0 Å². The molecular weight excluding hydrogens is 394 g/mol. The number of benzene rings is 1. The molecule has 5 nitrogen and oxygen atoms in total.